The van der Waals surface area contributed by atoms with Crippen LogP contribution in [0.25, 0.3) is 0 Å². The second kappa shape index (κ2) is 13.9. The van der Waals surface area contributed by atoms with E-state index in [1.54, 1.807) is 0 Å². The highest BCUT2D eigenvalue weighted by Gasteiger charge is 2.51. The fraction of sp³-hybridized carbons (Fsp3) is 0.964. The van der Waals surface area contributed by atoms with E-state index in [0.717, 1.165) is 38.9 Å². The summed E-state index contributed by atoms with van der Waals surface area (Å²) in [5.74, 6) is 0.287. The van der Waals surface area contributed by atoms with E-state index in [1.807, 2.05) is 0 Å². The van der Waals surface area contributed by atoms with Gasteiger partial charge in [0.05, 0.1) is 41.9 Å². The Hall–Kier alpha value is -0.520. The van der Waals surface area contributed by atoms with Gasteiger partial charge in [0, 0.05) is 25.7 Å². The van der Waals surface area contributed by atoms with Crippen molar-refractivity contribution in [3.8, 4) is 0 Å². The molecule has 8 unspecified atom stereocenters. The molecule has 6 N–H and O–H groups in total. The maximum atomic E-state index is 13.7. The van der Waals surface area contributed by atoms with Gasteiger partial charge in [-0.25, -0.2) is 10.4 Å². The van der Waals surface area contributed by atoms with Crippen molar-refractivity contribution in [2.24, 2.45) is 17.6 Å². The summed E-state index contributed by atoms with van der Waals surface area (Å²) in [6, 6.07) is 0.132. The number of carbonyl (C=O) groups excluding carboxylic acids is 1. The van der Waals surface area contributed by atoms with Gasteiger partial charge in [-0.15, -0.1) is 11.6 Å². The molecule has 6 fully saturated rings. The maximum Gasteiger partial charge on any atom is 0.229 e. The molecule has 2 bridgehead atoms. The summed E-state index contributed by atoms with van der Waals surface area (Å²) < 4.78 is 6.71. The lowest BCUT2D eigenvalue weighted by molar-refractivity contribution is -0.135. The molecule has 6 heterocycles. The number of halogens is 1. The zero-order valence-electron chi connectivity index (χ0n) is 23.4. The van der Waals surface area contributed by atoms with Gasteiger partial charge in [-0.1, -0.05) is 51.9 Å². The molecule has 0 aromatic carbocycles. The fourth-order valence-corrected chi connectivity index (χ4v) is 7.76. The van der Waals surface area contributed by atoms with Crippen LogP contribution in [0.15, 0.2) is 0 Å². The zero-order valence-corrected chi connectivity index (χ0v) is 24.1. The van der Waals surface area contributed by atoms with Crippen molar-refractivity contribution in [1.29, 1.82) is 0 Å². The number of nitrogens with zero attached hydrogens (tertiary/aromatic N) is 2. The van der Waals surface area contributed by atoms with Gasteiger partial charge in [-0.05, 0) is 51.2 Å². The van der Waals surface area contributed by atoms with E-state index in [9.17, 15) is 4.79 Å². The van der Waals surface area contributed by atoms with Crippen LogP contribution >= 0.6 is 11.6 Å². The van der Waals surface area contributed by atoms with Crippen molar-refractivity contribution in [3.63, 3.8) is 0 Å². The molecule has 38 heavy (non-hydrogen) atoms. The molecule has 0 aromatic rings. The molecule has 10 heteroatoms. The Bertz CT molecular complexity index is 755. The Morgan fingerprint density at radius 2 is 1.82 bits per heavy atom. The number of alkyl halides is 1. The first kappa shape index (κ1) is 29.0. The van der Waals surface area contributed by atoms with Crippen LogP contribution in [0.1, 0.15) is 77.6 Å². The highest BCUT2D eigenvalue weighted by Crippen LogP contribution is 2.32. The number of piperidine rings is 4. The second-order valence-corrected chi connectivity index (χ2v) is 13.0. The van der Waals surface area contributed by atoms with Gasteiger partial charge in [0.1, 0.15) is 0 Å². The summed E-state index contributed by atoms with van der Waals surface area (Å²) in [6.45, 7) is 8.06. The number of unbranched alkanes of at least 4 members (excludes halogenated alkanes) is 6. The molecule has 8 atom stereocenters. The summed E-state index contributed by atoms with van der Waals surface area (Å²) in [5.41, 5.74) is 9.97. The van der Waals surface area contributed by atoms with E-state index in [-0.39, 0.29) is 41.6 Å². The van der Waals surface area contributed by atoms with Crippen molar-refractivity contribution in [2.75, 3.05) is 39.3 Å². The minimum Gasteiger partial charge on any atom is -0.371 e. The van der Waals surface area contributed by atoms with Crippen LogP contribution in [-0.2, 0) is 9.53 Å². The molecule has 0 aliphatic carbocycles. The Balaban J connectivity index is 1.14. The number of rotatable bonds is 12. The minimum absolute atomic E-state index is 0.00362. The predicted molar refractivity (Wildman–Crippen MR) is 152 cm³/mol. The lowest BCUT2D eigenvalue weighted by Gasteiger charge is -2.47. The number of hydrogen-bond acceptors (Lipinski definition) is 8. The van der Waals surface area contributed by atoms with Gasteiger partial charge >= 0.3 is 0 Å². The smallest absolute Gasteiger partial charge is 0.229 e. The molecule has 9 nitrogen and oxygen atoms in total. The third kappa shape index (κ3) is 6.85. The van der Waals surface area contributed by atoms with E-state index in [2.05, 4.69) is 38.2 Å². The molecule has 0 saturated carbocycles. The average molecular weight is 554 g/mol. The summed E-state index contributed by atoms with van der Waals surface area (Å²) in [5, 5.41) is 12.5. The Labute approximate surface area is 234 Å². The molecule has 0 radical (unpaired) electrons. The SMILES string of the molecule is CCCCCCCCCC1C(Cl)CNC2C(C(=O)NC3CNCCC3OC3CN4CCC3CC4)C(N)NN12. The van der Waals surface area contributed by atoms with Gasteiger partial charge < -0.3 is 26.0 Å². The number of amides is 1. The summed E-state index contributed by atoms with van der Waals surface area (Å²) in [4.78, 5) is 16.2. The molecule has 6 aliphatic rings. The van der Waals surface area contributed by atoms with E-state index in [1.165, 1.54) is 64.5 Å². The minimum atomic E-state index is -0.441. The standard InChI is InChI=1S/C28H52ClN7O2/c1-2-3-4-5-6-7-8-9-22-20(29)16-32-27-25(26(30)34-36(22)27)28(37)33-21-17-31-13-10-23(21)38-24-18-35-14-11-19(24)12-15-35/h19-27,31-32,34H,2-18,30H2,1H3,(H,33,37). The largest absolute Gasteiger partial charge is 0.371 e. The van der Waals surface area contributed by atoms with Crippen LogP contribution in [0, 0.1) is 11.8 Å². The van der Waals surface area contributed by atoms with Crippen molar-refractivity contribution in [3.05, 3.63) is 0 Å². The molecule has 6 aliphatic heterocycles. The molecule has 1 amide bonds. The summed E-state index contributed by atoms with van der Waals surface area (Å²) >= 11 is 6.79. The van der Waals surface area contributed by atoms with Crippen LogP contribution < -0.4 is 27.1 Å². The number of carbonyl (C=O) groups is 1. The highest BCUT2D eigenvalue weighted by atomic mass is 35.5. The summed E-state index contributed by atoms with van der Waals surface area (Å²) in [7, 11) is 0. The Morgan fingerprint density at radius 1 is 1.05 bits per heavy atom. The zero-order chi connectivity index (χ0) is 26.5. The number of hydrogen-bond donors (Lipinski definition) is 5. The van der Waals surface area contributed by atoms with Crippen molar-refractivity contribution < 1.29 is 9.53 Å². The van der Waals surface area contributed by atoms with Crippen LogP contribution in [-0.4, -0.2) is 97.1 Å². The van der Waals surface area contributed by atoms with Gasteiger partial charge in [0.25, 0.3) is 0 Å². The third-order valence-corrected chi connectivity index (χ3v) is 10.2. The monoisotopic (exact) mass is 553 g/mol. The van der Waals surface area contributed by atoms with Gasteiger partial charge in [0.15, 0.2) is 0 Å². The quantitative estimate of drug-likeness (QED) is 0.184. The number of hydrazine groups is 1. The van der Waals surface area contributed by atoms with E-state index in [0.29, 0.717) is 18.6 Å². The second-order valence-electron chi connectivity index (χ2n) is 12.4. The van der Waals surface area contributed by atoms with Crippen LogP contribution in [0.5, 0.6) is 0 Å². The first-order valence-electron chi connectivity index (χ1n) is 15.6. The van der Waals surface area contributed by atoms with Crippen molar-refractivity contribution in [1.82, 2.24) is 31.3 Å². The number of ether oxygens (including phenoxy) is 1. The topological polar surface area (TPSA) is 107 Å². The van der Waals surface area contributed by atoms with E-state index in [4.69, 9.17) is 22.1 Å². The van der Waals surface area contributed by atoms with Crippen molar-refractivity contribution >= 4 is 17.5 Å². The third-order valence-electron chi connectivity index (χ3n) is 9.72. The van der Waals surface area contributed by atoms with Crippen LogP contribution in [0.4, 0.5) is 0 Å². The molecule has 6 saturated heterocycles. The van der Waals surface area contributed by atoms with Gasteiger partial charge in [-0.2, -0.15) is 0 Å². The Morgan fingerprint density at radius 3 is 2.55 bits per heavy atom. The van der Waals surface area contributed by atoms with E-state index >= 15 is 0 Å². The number of nitrogens with two attached hydrogens (primary N) is 1. The van der Waals surface area contributed by atoms with Gasteiger partial charge in [-0.3, -0.25) is 10.1 Å². The lowest BCUT2D eigenvalue weighted by atomic mass is 9.85. The molecule has 0 aromatic heterocycles. The lowest BCUT2D eigenvalue weighted by Crippen LogP contribution is -2.64. The first-order chi connectivity index (χ1) is 18.5. The van der Waals surface area contributed by atoms with Gasteiger partial charge in [0.2, 0.25) is 5.91 Å². The Kier molecular flexibility index (Phi) is 10.6. The maximum absolute atomic E-state index is 13.7. The number of fused-ring (bicyclic) bond motifs is 4. The van der Waals surface area contributed by atoms with Crippen LogP contribution in [0.3, 0.4) is 0 Å². The molecule has 218 valence electrons. The van der Waals surface area contributed by atoms with E-state index < -0.39 is 6.17 Å². The van der Waals surface area contributed by atoms with Crippen LogP contribution in [0.2, 0.25) is 0 Å². The predicted octanol–water partition coefficient (Wildman–Crippen LogP) is 1.71. The molecule has 6 rings (SSSR count). The fourth-order valence-electron chi connectivity index (χ4n) is 7.42. The average Bonchev–Trinajstić information content (AvgIpc) is 3.27. The first-order valence-corrected chi connectivity index (χ1v) is 16.0. The summed E-state index contributed by atoms with van der Waals surface area (Å²) in [6.07, 6.45) is 13.1. The highest BCUT2D eigenvalue weighted by molar-refractivity contribution is 6.21. The normalized spacial score (nSPS) is 41.2. The molecular formula is C28H52ClN7O2. The number of nitrogens with one attached hydrogen (secondary N) is 4. The molecular weight excluding hydrogens is 502 g/mol. The van der Waals surface area contributed by atoms with Crippen molar-refractivity contribution in [2.45, 2.75) is 120 Å². The molecule has 0 spiro atoms.